The fourth-order valence-electron chi connectivity index (χ4n) is 2.17. The van der Waals surface area contributed by atoms with Crippen molar-refractivity contribution in [1.82, 2.24) is 0 Å². The Balaban J connectivity index is 1.76. The Morgan fingerprint density at radius 2 is 2.00 bits per heavy atom. The van der Waals surface area contributed by atoms with Gasteiger partial charge in [0.25, 0.3) is 0 Å². The normalized spacial score (nSPS) is 13.1. The highest BCUT2D eigenvalue weighted by molar-refractivity contribution is 9.10. The molecule has 0 radical (unpaired) electrons. The van der Waals surface area contributed by atoms with Gasteiger partial charge in [-0.3, -0.25) is 0 Å². The molecule has 3 rings (SSSR count). The number of nitrogens with one attached hydrogen (secondary N) is 1. The number of hydrogen-bond acceptors (Lipinski definition) is 3. The second kappa shape index (κ2) is 6.16. The smallest absolute Gasteiger partial charge is 0.175 e. The summed E-state index contributed by atoms with van der Waals surface area (Å²) in [6.45, 7) is 3.85. The van der Waals surface area contributed by atoms with Gasteiger partial charge in [0.15, 0.2) is 11.5 Å². The zero-order valence-electron chi connectivity index (χ0n) is 11.6. The van der Waals surface area contributed by atoms with Gasteiger partial charge >= 0.3 is 0 Å². The molecule has 0 spiro atoms. The number of fused-ring (bicyclic) bond motifs is 1. The maximum Gasteiger partial charge on any atom is 0.175 e. The predicted molar refractivity (Wildman–Crippen MR) is 88.6 cm³/mol. The molecular weight excluding hydrogens is 354 g/mol. The monoisotopic (exact) mass is 367 g/mol. The van der Waals surface area contributed by atoms with Crippen molar-refractivity contribution in [1.29, 1.82) is 0 Å². The Bertz CT molecular complexity index is 676. The van der Waals surface area contributed by atoms with Crippen LogP contribution in [0.2, 0.25) is 5.02 Å². The molecule has 110 valence electrons. The first-order valence-electron chi connectivity index (χ1n) is 6.71. The second-order valence-electron chi connectivity index (χ2n) is 4.92. The summed E-state index contributed by atoms with van der Waals surface area (Å²) in [5.74, 6) is 1.57. The van der Waals surface area contributed by atoms with E-state index < -0.39 is 0 Å². The zero-order valence-corrected chi connectivity index (χ0v) is 13.9. The summed E-state index contributed by atoms with van der Waals surface area (Å²) in [5, 5.41) is 4.13. The van der Waals surface area contributed by atoms with Gasteiger partial charge in [0.2, 0.25) is 0 Å². The largest absolute Gasteiger partial charge is 0.486 e. The molecule has 0 amide bonds. The summed E-state index contributed by atoms with van der Waals surface area (Å²) in [4.78, 5) is 0. The molecule has 21 heavy (non-hydrogen) atoms. The molecular formula is C16H15BrClNO2. The number of anilines is 1. The molecule has 0 aromatic heterocycles. The molecule has 0 atom stereocenters. The lowest BCUT2D eigenvalue weighted by Crippen LogP contribution is -2.16. The van der Waals surface area contributed by atoms with Gasteiger partial charge in [0.05, 0.1) is 4.47 Å². The summed E-state index contributed by atoms with van der Waals surface area (Å²) >= 11 is 9.66. The average Bonchev–Trinajstić information content (AvgIpc) is 2.49. The standard InChI is InChI=1S/C16H15BrClNO2/c1-10-2-3-12(8-14(10)18)19-9-11-6-13(17)16-15(7-11)20-4-5-21-16/h2-3,6-8,19H,4-5,9H2,1H3. The van der Waals surface area contributed by atoms with Crippen molar-refractivity contribution in [3.63, 3.8) is 0 Å². The minimum atomic E-state index is 0.587. The fourth-order valence-corrected chi connectivity index (χ4v) is 2.96. The van der Waals surface area contributed by atoms with Crippen LogP contribution < -0.4 is 14.8 Å². The van der Waals surface area contributed by atoms with Crippen molar-refractivity contribution in [2.75, 3.05) is 18.5 Å². The van der Waals surface area contributed by atoms with Crippen LogP contribution in [0.5, 0.6) is 11.5 Å². The number of ether oxygens (including phenoxy) is 2. The van der Waals surface area contributed by atoms with E-state index in [0.717, 1.165) is 37.8 Å². The second-order valence-corrected chi connectivity index (χ2v) is 6.18. The molecule has 0 fully saturated rings. The summed E-state index contributed by atoms with van der Waals surface area (Å²) < 4.78 is 12.1. The summed E-state index contributed by atoms with van der Waals surface area (Å²) in [6, 6.07) is 10.0. The molecule has 5 heteroatoms. The van der Waals surface area contributed by atoms with Crippen LogP contribution in [0, 0.1) is 6.92 Å². The van der Waals surface area contributed by atoms with Gasteiger partial charge in [-0.05, 0) is 58.2 Å². The van der Waals surface area contributed by atoms with Crippen LogP contribution in [0.25, 0.3) is 0 Å². The van der Waals surface area contributed by atoms with Crippen LogP contribution in [0.3, 0.4) is 0 Å². The van der Waals surface area contributed by atoms with Crippen molar-refractivity contribution >= 4 is 33.2 Å². The van der Waals surface area contributed by atoms with Crippen LogP contribution in [0.4, 0.5) is 5.69 Å². The lowest BCUT2D eigenvalue weighted by molar-refractivity contribution is 0.170. The van der Waals surface area contributed by atoms with E-state index in [-0.39, 0.29) is 0 Å². The molecule has 0 bridgehead atoms. The third-order valence-electron chi connectivity index (χ3n) is 3.33. The number of hydrogen-bond donors (Lipinski definition) is 1. The number of halogens is 2. The molecule has 1 heterocycles. The molecule has 2 aromatic rings. The van der Waals surface area contributed by atoms with Gasteiger partial charge in [-0.2, -0.15) is 0 Å². The van der Waals surface area contributed by atoms with E-state index in [1.165, 1.54) is 0 Å². The summed E-state index contributed by atoms with van der Waals surface area (Å²) in [6.07, 6.45) is 0. The van der Waals surface area contributed by atoms with E-state index in [2.05, 4.69) is 21.2 Å². The van der Waals surface area contributed by atoms with E-state index in [0.29, 0.717) is 19.8 Å². The summed E-state index contributed by atoms with van der Waals surface area (Å²) in [7, 11) is 0. The van der Waals surface area contributed by atoms with E-state index in [1.54, 1.807) is 0 Å². The van der Waals surface area contributed by atoms with Crippen LogP contribution in [0.15, 0.2) is 34.8 Å². The van der Waals surface area contributed by atoms with Crippen LogP contribution in [-0.2, 0) is 6.54 Å². The van der Waals surface area contributed by atoms with Gasteiger partial charge < -0.3 is 14.8 Å². The van der Waals surface area contributed by atoms with Gasteiger partial charge in [-0.15, -0.1) is 0 Å². The van der Waals surface area contributed by atoms with Crippen LogP contribution >= 0.6 is 27.5 Å². The van der Waals surface area contributed by atoms with E-state index in [9.17, 15) is 0 Å². The van der Waals surface area contributed by atoms with Crippen molar-refractivity contribution < 1.29 is 9.47 Å². The van der Waals surface area contributed by atoms with Gasteiger partial charge in [0, 0.05) is 17.3 Å². The zero-order chi connectivity index (χ0) is 14.8. The molecule has 0 saturated carbocycles. The minimum Gasteiger partial charge on any atom is -0.486 e. The molecule has 0 saturated heterocycles. The molecule has 2 aromatic carbocycles. The van der Waals surface area contributed by atoms with Gasteiger partial charge in [-0.1, -0.05) is 17.7 Å². The molecule has 3 nitrogen and oxygen atoms in total. The van der Waals surface area contributed by atoms with Crippen LogP contribution in [-0.4, -0.2) is 13.2 Å². The van der Waals surface area contributed by atoms with Crippen molar-refractivity contribution in [3.8, 4) is 11.5 Å². The molecule has 0 aliphatic carbocycles. The first-order valence-corrected chi connectivity index (χ1v) is 7.88. The Labute approximate surface area is 137 Å². The van der Waals surface area contributed by atoms with Crippen molar-refractivity contribution in [2.24, 2.45) is 0 Å². The average molecular weight is 369 g/mol. The fraction of sp³-hybridized carbons (Fsp3) is 0.250. The van der Waals surface area contributed by atoms with E-state index in [1.807, 2.05) is 37.3 Å². The third kappa shape index (κ3) is 3.27. The quantitative estimate of drug-likeness (QED) is 0.844. The highest BCUT2D eigenvalue weighted by atomic mass is 79.9. The minimum absolute atomic E-state index is 0.587. The predicted octanol–water partition coefficient (Wildman–Crippen LogP) is 4.79. The molecule has 1 aliphatic heterocycles. The van der Waals surface area contributed by atoms with Crippen molar-refractivity contribution in [2.45, 2.75) is 13.5 Å². The Morgan fingerprint density at radius 1 is 1.19 bits per heavy atom. The molecule has 1 aliphatic rings. The van der Waals surface area contributed by atoms with Gasteiger partial charge in [0.1, 0.15) is 13.2 Å². The highest BCUT2D eigenvalue weighted by Gasteiger charge is 2.16. The molecule has 1 N–H and O–H groups in total. The molecule has 0 unspecified atom stereocenters. The first-order chi connectivity index (χ1) is 10.1. The van der Waals surface area contributed by atoms with E-state index in [4.69, 9.17) is 21.1 Å². The van der Waals surface area contributed by atoms with Crippen LogP contribution in [0.1, 0.15) is 11.1 Å². The SMILES string of the molecule is Cc1ccc(NCc2cc(Br)c3c(c2)OCCO3)cc1Cl. The maximum atomic E-state index is 6.13. The maximum absolute atomic E-state index is 6.13. The Hall–Kier alpha value is -1.39. The lowest BCUT2D eigenvalue weighted by Gasteiger charge is -2.20. The summed E-state index contributed by atoms with van der Waals surface area (Å²) in [5.41, 5.74) is 3.18. The topological polar surface area (TPSA) is 30.5 Å². The number of aryl methyl sites for hydroxylation is 1. The Morgan fingerprint density at radius 3 is 2.81 bits per heavy atom. The van der Waals surface area contributed by atoms with Crippen molar-refractivity contribution in [3.05, 3.63) is 51.0 Å². The number of rotatable bonds is 3. The Kier molecular flexibility index (Phi) is 4.27. The van der Waals surface area contributed by atoms with Gasteiger partial charge in [-0.25, -0.2) is 0 Å². The third-order valence-corrected chi connectivity index (χ3v) is 4.32. The highest BCUT2D eigenvalue weighted by Crippen LogP contribution is 2.38. The van der Waals surface area contributed by atoms with E-state index >= 15 is 0 Å². The first kappa shape index (κ1) is 14.5. The number of benzene rings is 2. The lowest BCUT2D eigenvalue weighted by atomic mass is 10.1.